The minimum atomic E-state index is -1.29. The standard InChI is InChI=1S/C22H23FN2O4S/c1-3-11-22(21(28)29-4-2)17-16(18(24-22)15-6-5-12-30-15)19(26)25(20(17)27)14-9-7-13(23)8-10-14/h5-10,12,16-18,24H,3-4,11H2,1-2H3/t16-,17+,18+,22-/m0/s1. The first-order valence-corrected chi connectivity index (χ1v) is 10.9. The van der Waals surface area contributed by atoms with Crippen LogP contribution in [0.25, 0.3) is 0 Å². The molecule has 1 aromatic heterocycles. The van der Waals surface area contributed by atoms with Crippen molar-refractivity contribution in [3.63, 3.8) is 0 Å². The summed E-state index contributed by atoms with van der Waals surface area (Å²) in [5.41, 5.74) is -0.981. The molecule has 0 bridgehead atoms. The Morgan fingerprint density at radius 3 is 2.53 bits per heavy atom. The fourth-order valence-electron chi connectivity index (χ4n) is 4.73. The van der Waals surface area contributed by atoms with Crippen molar-refractivity contribution < 1.29 is 23.5 Å². The molecule has 4 rings (SSSR count). The Hall–Kier alpha value is -2.58. The summed E-state index contributed by atoms with van der Waals surface area (Å²) in [6, 6.07) is 8.53. The highest BCUT2D eigenvalue weighted by molar-refractivity contribution is 7.10. The highest BCUT2D eigenvalue weighted by Gasteiger charge is 2.68. The molecule has 2 aromatic rings. The van der Waals surface area contributed by atoms with E-state index in [9.17, 15) is 18.8 Å². The molecule has 6 nitrogen and oxygen atoms in total. The van der Waals surface area contributed by atoms with Gasteiger partial charge in [-0.3, -0.25) is 19.7 Å². The summed E-state index contributed by atoms with van der Waals surface area (Å²) in [7, 11) is 0. The normalized spacial score (nSPS) is 28.1. The summed E-state index contributed by atoms with van der Waals surface area (Å²) in [5, 5.41) is 5.24. The smallest absolute Gasteiger partial charge is 0.327 e. The fraction of sp³-hybridized carbons (Fsp3) is 0.409. The summed E-state index contributed by atoms with van der Waals surface area (Å²) >= 11 is 1.47. The number of thiophene rings is 1. The van der Waals surface area contributed by atoms with E-state index in [-0.39, 0.29) is 12.5 Å². The molecule has 0 spiro atoms. The second-order valence-corrected chi connectivity index (χ2v) is 8.55. The molecular formula is C22H23FN2O4S. The van der Waals surface area contributed by atoms with E-state index in [1.165, 1.54) is 35.6 Å². The van der Waals surface area contributed by atoms with Gasteiger partial charge >= 0.3 is 5.97 Å². The second-order valence-electron chi connectivity index (χ2n) is 7.57. The van der Waals surface area contributed by atoms with Crippen molar-refractivity contribution in [1.29, 1.82) is 0 Å². The number of esters is 1. The number of amides is 2. The van der Waals surface area contributed by atoms with Crippen molar-refractivity contribution in [1.82, 2.24) is 5.32 Å². The van der Waals surface area contributed by atoms with Crippen LogP contribution < -0.4 is 10.2 Å². The van der Waals surface area contributed by atoms with Crippen molar-refractivity contribution >= 4 is 34.8 Å². The fourth-order valence-corrected chi connectivity index (χ4v) is 5.56. The van der Waals surface area contributed by atoms with Gasteiger partial charge < -0.3 is 4.74 Å². The zero-order valence-corrected chi connectivity index (χ0v) is 17.6. The molecule has 2 saturated heterocycles. The van der Waals surface area contributed by atoms with Gasteiger partial charge in [-0.1, -0.05) is 19.4 Å². The van der Waals surface area contributed by atoms with Crippen molar-refractivity contribution in [3.05, 3.63) is 52.5 Å². The molecule has 158 valence electrons. The molecule has 2 fully saturated rings. The second kappa shape index (κ2) is 7.92. The van der Waals surface area contributed by atoms with Crippen LogP contribution in [0, 0.1) is 17.7 Å². The molecule has 2 aliphatic heterocycles. The average molecular weight is 431 g/mol. The average Bonchev–Trinajstić information content (AvgIpc) is 3.41. The first-order chi connectivity index (χ1) is 14.4. The number of hydrogen-bond donors (Lipinski definition) is 1. The number of carbonyl (C=O) groups excluding carboxylic acids is 3. The van der Waals surface area contributed by atoms with Crippen LogP contribution in [0.4, 0.5) is 10.1 Å². The van der Waals surface area contributed by atoms with Crippen LogP contribution in [0.3, 0.4) is 0 Å². The molecular weight excluding hydrogens is 407 g/mol. The lowest BCUT2D eigenvalue weighted by atomic mass is 9.77. The SMILES string of the molecule is CCC[C@]1(C(=O)OCC)N[C@H](c2cccs2)[C@H]2C(=O)N(c3ccc(F)cc3)C(=O)[C@@H]21. The Kier molecular flexibility index (Phi) is 5.46. The van der Waals surface area contributed by atoms with E-state index in [2.05, 4.69) is 5.32 Å². The van der Waals surface area contributed by atoms with Crippen LogP contribution >= 0.6 is 11.3 Å². The molecule has 1 N–H and O–H groups in total. The Bertz CT molecular complexity index is 962. The molecule has 2 aliphatic rings. The molecule has 30 heavy (non-hydrogen) atoms. The van der Waals surface area contributed by atoms with E-state index in [1.54, 1.807) is 6.92 Å². The predicted octanol–water partition coefficient (Wildman–Crippen LogP) is 3.44. The van der Waals surface area contributed by atoms with Crippen LogP contribution in [-0.4, -0.2) is 29.9 Å². The van der Waals surface area contributed by atoms with Gasteiger partial charge in [-0.25, -0.2) is 9.29 Å². The van der Waals surface area contributed by atoms with Crippen LogP contribution in [0.2, 0.25) is 0 Å². The molecule has 0 saturated carbocycles. The number of halogens is 1. The third-order valence-electron chi connectivity index (χ3n) is 5.87. The number of ether oxygens (including phenoxy) is 1. The third kappa shape index (κ3) is 3.06. The van der Waals surface area contributed by atoms with E-state index in [0.29, 0.717) is 18.5 Å². The molecule has 4 atom stereocenters. The Balaban J connectivity index is 1.84. The number of benzene rings is 1. The summed E-state index contributed by atoms with van der Waals surface area (Å²) in [6.07, 6.45) is 0.995. The minimum absolute atomic E-state index is 0.177. The lowest BCUT2D eigenvalue weighted by molar-refractivity contribution is -0.155. The van der Waals surface area contributed by atoms with Gasteiger partial charge in [0.25, 0.3) is 0 Å². The van der Waals surface area contributed by atoms with Crippen LogP contribution in [0.5, 0.6) is 0 Å². The van der Waals surface area contributed by atoms with Crippen LogP contribution in [0.15, 0.2) is 41.8 Å². The topological polar surface area (TPSA) is 75.7 Å². The van der Waals surface area contributed by atoms with Crippen molar-refractivity contribution in [2.24, 2.45) is 11.8 Å². The lowest BCUT2D eigenvalue weighted by Gasteiger charge is -2.32. The van der Waals surface area contributed by atoms with E-state index in [4.69, 9.17) is 4.74 Å². The van der Waals surface area contributed by atoms with Gasteiger partial charge in [-0.05, 0) is 49.1 Å². The van der Waals surface area contributed by atoms with Gasteiger partial charge in [0.2, 0.25) is 11.8 Å². The summed E-state index contributed by atoms with van der Waals surface area (Å²) in [4.78, 5) is 42.2. The lowest BCUT2D eigenvalue weighted by Crippen LogP contribution is -2.56. The molecule has 3 heterocycles. The number of hydrogen-bond acceptors (Lipinski definition) is 6. The molecule has 2 amide bonds. The highest BCUT2D eigenvalue weighted by Crippen LogP contribution is 2.52. The maximum absolute atomic E-state index is 13.6. The van der Waals surface area contributed by atoms with Crippen LogP contribution in [-0.2, 0) is 19.1 Å². The van der Waals surface area contributed by atoms with Gasteiger partial charge in [0.05, 0.1) is 30.2 Å². The zero-order valence-electron chi connectivity index (χ0n) is 16.8. The monoisotopic (exact) mass is 430 g/mol. The number of nitrogens with zero attached hydrogens (tertiary/aromatic N) is 1. The molecule has 0 unspecified atom stereocenters. The van der Waals surface area contributed by atoms with Gasteiger partial charge in [-0.15, -0.1) is 11.3 Å². The number of fused-ring (bicyclic) bond motifs is 1. The Labute approximate surface area is 178 Å². The first kappa shape index (κ1) is 20.7. The van der Waals surface area contributed by atoms with E-state index in [1.807, 2.05) is 24.4 Å². The number of rotatable bonds is 6. The maximum Gasteiger partial charge on any atom is 0.327 e. The molecule has 8 heteroatoms. The number of nitrogens with one attached hydrogen (secondary N) is 1. The third-order valence-corrected chi connectivity index (χ3v) is 6.83. The first-order valence-electron chi connectivity index (χ1n) is 10.1. The Morgan fingerprint density at radius 1 is 1.20 bits per heavy atom. The summed E-state index contributed by atoms with van der Waals surface area (Å²) in [5.74, 6) is -3.43. The van der Waals surface area contributed by atoms with Gasteiger partial charge in [0, 0.05) is 4.88 Å². The van der Waals surface area contributed by atoms with Gasteiger partial charge in [0.1, 0.15) is 11.4 Å². The zero-order chi connectivity index (χ0) is 21.5. The number of imide groups is 1. The van der Waals surface area contributed by atoms with E-state index >= 15 is 0 Å². The number of anilines is 1. The van der Waals surface area contributed by atoms with E-state index < -0.39 is 41.1 Å². The summed E-state index contributed by atoms with van der Waals surface area (Å²) < 4.78 is 18.8. The molecule has 0 aliphatic carbocycles. The predicted molar refractivity (Wildman–Crippen MR) is 110 cm³/mol. The quantitative estimate of drug-likeness (QED) is 0.561. The van der Waals surface area contributed by atoms with Crippen molar-refractivity contribution in [2.75, 3.05) is 11.5 Å². The van der Waals surface area contributed by atoms with Gasteiger partial charge in [-0.2, -0.15) is 0 Å². The number of carbonyl (C=O) groups is 3. The van der Waals surface area contributed by atoms with E-state index in [0.717, 1.165) is 9.78 Å². The minimum Gasteiger partial charge on any atom is -0.465 e. The van der Waals surface area contributed by atoms with Crippen molar-refractivity contribution in [3.8, 4) is 0 Å². The largest absolute Gasteiger partial charge is 0.465 e. The maximum atomic E-state index is 13.6. The highest BCUT2D eigenvalue weighted by atomic mass is 32.1. The van der Waals surface area contributed by atoms with Crippen molar-refractivity contribution in [2.45, 2.75) is 38.3 Å². The molecule has 1 aromatic carbocycles. The van der Waals surface area contributed by atoms with Gasteiger partial charge in [0.15, 0.2) is 0 Å². The summed E-state index contributed by atoms with van der Waals surface area (Å²) in [6.45, 7) is 3.82. The molecule has 0 radical (unpaired) electrons. The van der Waals surface area contributed by atoms with Crippen LogP contribution in [0.1, 0.15) is 37.6 Å². The Morgan fingerprint density at radius 2 is 1.93 bits per heavy atom.